The Kier molecular flexibility index (Phi) is 6.58. The van der Waals surface area contributed by atoms with Crippen LogP contribution in [0.2, 0.25) is 5.02 Å². The van der Waals surface area contributed by atoms with E-state index >= 15 is 0 Å². The molecule has 0 saturated carbocycles. The lowest BCUT2D eigenvalue weighted by Crippen LogP contribution is -2.49. The Morgan fingerprint density at radius 1 is 1.14 bits per heavy atom. The molecule has 0 saturated heterocycles. The van der Waals surface area contributed by atoms with Gasteiger partial charge in [-0.1, -0.05) is 43.6 Å². The third-order valence-electron chi connectivity index (χ3n) is 6.23. The second kappa shape index (κ2) is 9.32. The standard InChI is InChI=1S/C27H25ClFNO5/c1-26(2,21-12-18(29)7-10-23(21)31)15-27(34,13-16-5-3-4-6-22(16)28)25(33)30-19-8-9-20-17(11-19)14-35-24(20)32/h3-12,31,34H,13-15H2,1-2H3,(H,30,33). The second-order valence-corrected chi connectivity index (χ2v) is 9.83. The molecule has 4 rings (SSSR count). The van der Waals surface area contributed by atoms with Crippen molar-refractivity contribution in [1.82, 2.24) is 0 Å². The first-order valence-electron chi connectivity index (χ1n) is 11.0. The number of benzene rings is 3. The molecule has 0 aliphatic carbocycles. The molecule has 1 heterocycles. The smallest absolute Gasteiger partial charge is 0.338 e. The van der Waals surface area contributed by atoms with E-state index in [2.05, 4.69) is 5.32 Å². The summed E-state index contributed by atoms with van der Waals surface area (Å²) in [4.78, 5) is 25.3. The van der Waals surface area contributed by atoms with Gasteiger partial charge < -0.3 is 20.3 Å². The highest BCUT2D eigenvalue weighted by Crippen LogP contribution is 2.40. The van der Waals surface area contributed by atoms with E-state index in [9.17, 15) is 24.2 Å². The van der Waals surface area contributed by atoms with Crippen LogP contribution in [0.15, 0.2) is 60.7 Å². The molecule has 0 aromatic heterocycles. The molecule has 1 aliphatic rings. The molecule has 182 valence electrons. The number of carbonyl (C=O) groups excluding carboxylic acids is 2. The van der Waals surface area contributed by atoms with Crippen molar-refractivity contribution in [2.24, 2.45) is 0 Å². The number of aliphatic hydroxyl groups is 1. The van der Waals surface area contributed by atoms with Crippen LogP contribution in [-0.2, 0) is 28.0 Å². The first-order chi connectivity index (χ1) is 16.5. The van der Waals surface area contributed by atoms with Crippen molar-refractivity contribution < 1.29 is 28.9 Å². The maximum Gasteiger partial charge on any atom is 0.338 e. The topological polar surface area (TPSA) is 95.9 Å². The van der Waals surface area contributed by atoms with Gasteiger partial charge in [-0.3, -0.25) is 4.79 Å². The summed E-state index contributed by atoms with van der Waals surface area (Å²) in [6, 6.07) is 15.2. The van der Waals surface area contributed by atoms with E-state index in [4.69, 9.17) is 16.3 Å². The number of anilines is 1. The van der Waals surface area contributed by atoms with Crippen LogP contribution in [-0.4, -0.2) is 27.7 Å². The average molecular weight is 498 g/mol. The third-order valence-corrected chi connectivity index (χ3v) is 6.60. The second-order valence-electron chi connectivity index (χ2n) is 9.42. The summed E-state index contributed by atoms with van der Waals surface area (Å²) < 4.78 is 19.0. The number of fused-ring (bicyclic) bond motifs is 1. The molecule has 0 radical (unpaired) electrons. The summed E-state index contributed by atoms with van der Waals surface area (Å²) in [6.45, 7) is 3.53. The van der Waals surface area contributed by atoms with Gasteiger partial charge in [0, 0.05) is 28.3 Å². The van der Waals surface area contributed by atoms with Gasteiger partial charge in [-0.05, 0) is 59.9 Å². The number of nitrogens with one attached hydrogen (secondary N) is 1. The maximum atomic E-state index is 14.0. The minimum Gasteiger partial charge on any atom is -0.508 e. The zero-order valence-electron chi connectivity index (χ0n) is 19.3. The molecule has 35 heavy (non-hydrogen) atoms. The molecule has 3 aromatic rings. The molecule has 8 heteroatoms. The number of phenols is 1. The van der Waals surface area contributed by atoms with Gasteiger partial charge in [0.2, 0.25) is 0 Å². The van der Waals surface area contributed by atoms with Crippen molar-refractivity contribution in [3.8, 4) is 5.75 Å². The SMILES string of the molecule is CC(C)(CC(O)(Cc1ccccc1Cl)C(=O)Nc1ccc2c(c1)COC2=O)c1cc(F)ccc1O. The van der Waals surface area contributed by atoms with E-state index in [0.717, 1.165) is 6.07 Å². The summed E-state index contributed by atoms with van der Waals surface area (Å²) in [5.74, 6) is -1.81. The lowest BCUT2D eigenvalue weighted by atomic mass is 9.72. The molecule has 3 aromatic carbocycles. The van der Waals surface area contributed by atoms with Crippen LogP contribution < -0.4 is 5.32 Å². The number of ether oxygens (including phenoxy) is 1. The Morgan fingerprint density at radius 2 is 1.89 bits per heavy atom. The van der Waals surface area contributed by atoms with E-state index in [1.807, 2.05) is 0 Å². The van der Waals surface area contributed by atoms with Gasteiger partial charge in [-0.2, -0.15) is 0 Å². The van der Waals surface area contributed by atoms with Gasteiger partial charge in [0.15, 0.2) is 0 Å². The van der Waals surface area contributed by atoms with Crippen LogP contribution in [0, 0.1) is 5.82 Å². The molecule has 0 spiro atoms. The number of hydrogen-bond donors (Lipinski definition) is 3. The molecule has 3 N–H and O–H groups in total. The monoisotopic (exact) mass is 497 g/mol. The van der Waals surface area contributed by atoms with Crippen LogP contribution in [0.1, 0.15) is 47.3 Å². The van der Waals surface area contributed by atoms with Gasteiger partial charge in [-0.15, -0.1) is 0 Å². The van der Waals surface area contributed by atoms with E-state index < -0.39 is 28.7 Å². The largest absolute Gasteiger partial charge is 0.508 e. The fourth-order valence-electron chi connectivity index (χ4n) is 4.52. The minimum atomic E-state index is -1.99. The Morgan fingerprint density at radius 3 is 2.63 bits per heavy atom. The molecule has 0 fully saturated rings. The van der Waals surface area contributed by atoms with E-state index in [-0.39, 0.29) is 30.8 Å². The third kappa shape index (κ3) is 5.16. The van der Waals surface area contributed by atoms with Crippen molar-refractivity contribution in [3.63, 3.8) is 0 Å². The molecule has 6 nitrogen and oxygen atoms in total. The van der Waals surface area contributed by atoms with E-state index in [1.54, 1.807) is 56.3 Å². The number of cyclic esters (lactones) is 1. The first kappa shape index (κ1) is 24.7. The van der Waals surface area contributed by atoms with Crippen molar-refractivity contribution >= 4 is 29.2 Å². The Bertz CT molecular complexity index is 1310. The predicted molar refractivity (Wildman–Crippen MR) is 130 cm³/mol. The average Bonchev–Trinajstić information content (AvgIpc) is 3.16. The fraction of sp³-hybridized carbons (Fsp3) is 0.259. The highest BCUT2D eigenvalue weighted by atomic mass is 35.5. The highest BCUT2D eigenvalue weighted by molar-refractivity contribution is 6.31. The van der Waals surface area contributed by atoms with Gasteiger partial charge in [0.25, 0.3) is 5.91 Å². The van der Waals surface area contributed by atoms with Gasteiger partial charge in [-0.25, -0.2) is 9.18 Å². The number of halogens is 2. The highest BCUT2D eigenvalue weighted by Gasteiger charge is 2.43. The van der Waals surface area contributed by atoms with Crippen molar-refractivity contribution in [3.05, 3.63) is 93.8 Å². The quantitative estimate of drug-likeness (QED) is 0.393. The van der Waals surface area contributed by atoms with E-state index in [1.165, 1.54) is 12.1 Å². The number of carbonyl (C=O) groups is 2. The first-order valence-corrected chi connectivity index (χ1v) is 11.4. The van der Waals surface area contributed by atoms with Crippen LogP contribution in [0.25, 0.3) is 0 Å². The Balaban J connectivity index is 1.68. The molecule has 1 aliphatic heterocycles. The number of aromatic hydroxyl groups is 1. The number of hydrogen-bond acceptors (Lipinski definition) is 5. The van der Waals surface area contributed by atoms with Gasteiger partial charge in [0.05, 0.1) is 5.56 Å². The van der Waals surface area contributed by atoms with Crippen LogP contribution in [0.3, 0.4) is 0 Å². The summed E-state index contributed by atoms with van der Waals surface area (Å²) in [5.41, 5.74) is -0.730. The number of esters is 1. The van der Waals surface area contributed by atoms with Crippen molar-refractivity contribution in [1.29, 1.82) is 0 Å². The number of phenolic OH excluding ortho intramolecular Hbond substituents is 1. The molecule has 1 unspecified atom stereocenters. The van der Waals surface area contributed by atoms with E-state index in [0.29, 0.717) is 27.4 Å². The van der Waals surface area contributed by atoms with Gasteiger partial charge >= 0.3 is 5.97 Å². The maximum absolute atomic E-state index is 14.0. The Hall–Kier alpha value is -3.42. The van der Waals surface area contributed by atoms with Gasteiger partial charge in [0.1, 0.15) is 23.8 Å². The zero-order chi connectivity index (χ0) is 25.4. The number of amides is 1. The molecular weight excluding hydrogens is 473 g/mol. The zero-order valence-corrected chi connectivity index (χ0v) is 20.0. The molecule has 0 bridgehead atoms. The lowest BCUT2D eigenvalue weighted by molar-refractivity contribution is -0.136. The summed E-state index contributed by atoms with van der Waals surface area (Å²) in [7, 11) is 0. The van der Waals surface area contributed by atoms with Crippen molar-refractivity contribution in [2.75, 3.05) is 5.32 Å². The minimum absolute atomic E-state index is 0.105. The Labute approximate surface area is 207 Å². The van der Waals surface area contributed by atoms with Crippen LogP contribution >= 0.6 is 11.6 Å². The predicted octanol–water partition coefficient (Wildman–Crippen LogP) is 5.14. The fourth-order valence-corrected chi connectivity index (χ4v) is 4.72. The molecule has 1 amide bonds. The lowest BCUT2D eigenvalue weighted by Gasteiger charge is -2.36. The van der Waals surface area contributed by atoms with Crippen molar-refractivity contribution in [2.45, 2.75) is 44.3 Å². The normalized spacial score (nSPS) is 14.7. The summed E-state index contributed by atoms with van der Waals surface area (Å²) >= 11 is 6.33. The number of rotatable bonds is 7. The summed E-state index contributed by atoms with van der Waals surface area (Å²) in [5, 5.41) is 25.3. The van der Waals surface area contributed by atoms with Crippen LogP contribution in [0.4, 0.5) is 10.1 Å². The molecular formula is C27H25ClFNO5. The molecule has 1 atom stereocenters. The van der Waals surface area contributed by atoms with Crippen LogP contribution in [0.5, 0.6) is 5.75 Å². The summed E-state index contributed by atoms with van der Waals surface area (Å²) in [6.07, 6.45) is -0.273.